The van der Waals surface area contributed by atoms with Crippen molar-refractivity contribution < 1.29 is 9.47 Å². The molecule has 110 valence electrons. The van der Waals surface area contributed by atoms with Crippen molar-refractivity contribution in [3.8, 4) is 0 Å². The van der Waals surface area contributed by atoms with E-state index in [1.54, 1.807) is 18.0 Å². The quantitative estimate of drug-likeness (QED) is 0.929. The molecule has 0 amide bonds. The van der Waals surface area contributed by atoms with Crippen LogP contribution in [0.15, 0.2) is 23.4 Å². The van der Waals surface area contributed by atoms with Gasteiger partial charge >= 0.3 is 0 Å². The average molecular weight is 315 g/mol. The fourth-order valence-electron chi connectivity index (χ4n) is 2.91. The fraction of sp³-hybridized carbons (Fsp3) is 0.643. The molecule has 2 fully saturated rings. The van der Waals surface area contributed by atoms with Gasteiger partial charge in [-0.25, -0.2) is 4.98 Å². The molecule has 3 rings (SSSR count). The summed E-state index contributed by atoms with van der Waals surface area (Å²) in [4.78, 5) is 4.38. The highest BCUT2D eigenvalue weighted by Crippen LogP contribution is 2.42. The maximum Gasteiger partial charge on any atom is 0.169 e. The first-order chi connectivity index (χ1) is 9.71. The Labute approximate surface area is 128 Å². The predicted octanol–water partition coefficient (Wildman–Crippen LogP) is 2.71. The van der Waals surface area contributed by atoms with Crippen LogP contribution in [0.4, 0.5) is 0 Å². The Morgan fingerprint density at radius 1 is 1.40 bits per heavy atom. The Hall–Kier alpha value is -0.330. The SMILES string of the molecule is CNC1CCC2(CC1Sc1ccc(Cl)cn1)OCCO2. The normalized spacial score (nSPS) is 28.9. The second kappa shape index (κ2) is 6.20. The summed E-state index contributed by atoms with van der Waals surface area (Å²) in [6, 6.07) is 4.31. The van der Waals surface area contributed by atoms with E-state index in [-0.39, 0.29) is 5.79 Å². The summed E-state index contributed by atoms with van der Waals surface area (Å²) in [5.74, 6) is -0.364. The van der Waals surface area contributed by atoms with E-state index in [4.69, 9.17) is 21.1 Å². The Kier molecular flexibility index (Phi) is 4.52. The van der Waals surface area contributed by atoms with Gasteiger partial charge in [-0.2, -0.15) is 0 Å². The predicted molar refractivity (Wildman–Crippen MR) is 80.2 cm³/mol. The van der Waals surface area contributed by atoms with Crippen molar-refractivity contribution in [3.05, 3.63) is 23.4 Å². The smallest absolute Gasteiger partial charge is 0.169 e. The number of halogens is 1. The Morgan fingerprint density at radius 2 is 2.20 bits per heavy atom. The van der Waals surface area contributed by atoms with Crippen molar-refractivity contribution in [1.29, 1.82) is 0 Å². The van der Waals surface area contributed by atoms with E-state index in [1.165, 1.54) is 0 Å². The van der Waals surface area contributed by atoms with E-state index in [9.17, 15) is 0 Å². The summed E-state index contributed by atoms with van der Waals surface area (Å²) in [6.07, 6.45) is 4.61. The molecule has 2 unspecified atom stereocenters. The molecule has 2 aliphatic rings. The third kappa shape index (κ3) is 3.12. The van der Waals surface area contributed by atoms with Crippen LogP contribution in [0.25, 0.3) is 0 Å². The number of hydrogen-bond donors (Lipinski definition) is 1. The van der Waals surface area contributed by atoms with E-state index < -0.39 is 0 Å². The third-order valence-electron chi connectivity index (χ3n) is 3.95. The van der Waals surface area contributed by atoms with Crippen LogP contribution >= 0.6 is 23.4 Å². The van der Waals surface area contributed by atoms with Crippen LogP contribution in [0.1, 0.15) is 19.3 Å². The molecule has 0 bridgehead atoms. The molecule has 1 N–H and O–H groups in total. The highest BCUT2D eigenvalue weighted by molar-refractivity contribution is 7.99. The molecule has 1 aliphatic heterocycles. The molecule has 20 heavy (non-hydrogen) atoms. The molecular weight excluding hydrogens is 296 g/mol. The Balaban J connectivity index is 1.72. The lowest BCUT2D eigenvalue weighted by atomic mass is 9.89. The Morgan fingerprint density at radius 3 is 2.85 bits per heavy atom. The van der Waals surface area contributed by atoms with Crippen LogP contribution < -0.4 is 5.32 Å². The zero-order valence-electron chi connectivity index (χ0n) is 11.5. The molecule has 1 saturated heterocycles. The van der Waals surface area contributed by atoms with Gasteiger partial charge in [-0.05, 0) is 25.6 Å². The van der Waals surface area contributed by atoms with E-state index in [1.807, 2.05) is 19.2 Å². The van der Waals surface area contributed by atoms with Gasteiger partial charge in [-0.1, -0.05) is 11.6 Å². The number of aromatic nitrogens is 1. The van der Waals surface area contributed by atoms with Gasteiger partial charge in [-0.3, -0.25) is 0 Å². The Bertz CT molecular complexity index is 451. The first-order valence-corrected chi connectivity index (χ1v) is 8.20. The highest BCUT2D eigenvalue weighted by atomic mass is 35.5. The summed E-state index contributed by atoms with van der Waals surface area (Å²) in [7, 11) is 2.02. The summed E-state index contributed by atoms with van der Waals surface area (Å²) in [6.45, 7) is 1.42. The molecule has 6 heteroatoms. The minimum atomic E-state index is -0.364. The van der Waals surface area contributed by atoms with Gasteiger partial charge in [0.15, 0.2) is 5.79 Å². The standard InChI is InChI=1S/C14H19ClN2O2S/c1-16-11-4-5-14(18-6-7-19-14)8-12(11)20-13-3-2-10(15)9-17-13/h2-3,9,11-12,16H,4-8H2,1H3. The van der Waals surface area contributed by atoms with Gasteiger partial charge in [0.25, 0.3) is 0 Å². The molecule has 1 spiro atoms. The highest BCUT2D eigenvalue weighted by Gasteiger charge is 2.45. The molecular formula is C14H19ClN2O2S. The number of thioether (sulfide) groups is 1. The molecule has 1 aromatic rings. The first-order valence-electron chi connectivity index (χ1n) is 6.94. The van der Waals surface area contributed by atoms with Crippen molar-refractivity contribution in [2.45, 2.75) is 41.4 Å². The molecule has 0 radical (unpaired) electrons. The van der Waals surface area contributed by atoms with Crippen molar-refractivity contribution >= 4 is 23.4 Å². The van der Waals surface area contributed by atoms with Gasteiger partial charge in [-0.15, -0.1) is 11.8 Å². The maximum atomic E-state index is 5.88. The van der Waals surface area contributed by atoms with Gasteiger partial charge in [0.05, 0.1) is 23.3 Å². The van der Waals surface area contributed by atoms with Gasteiger partial charge < -0.3 is 14.8 Å². The van der Waals surface area contributed by atoms with Crippen LogP contribution in [0.5, 0.6) is 0 Å². The topological polar surface area (TPSA) is 43.4 Å². The molecule has 4 nitrogen and oxygen atoms in total. The summed E-state index contributed by atoms with van der Waals surface area (Å²) >= 11 is 7.66. The minimum absolute atomic E-state index is 0.364. The monoisotopic (exact) mass is 314 g/mol. The fourth-order valence-corrected chi connectivity index (χ4v) is 4.37. The van der Waals surface area contributed by atoms with Crippen molar-refractivity contribution in [2.75, 3.05) is 20.3 Å². The number of nitrogens with zero attached hydrogens (tertiary/aromatic N) is 1. The van der Waals surface area contributed by atoms with Gasteiger partial charge in [0.2, 0.25) is 0 Å². The second-order valence-corrected chi connectivity index (χ2v) is 6.91. The lowest BCUT2D eigenvalue weighted by Gasteiger charge is -2.40. The third-order valence-corrected chi connectivity index (χ3v) is 5.46. The van der Waals surface area contributed by atoms with E-state index in [0.717, 1.165) is 24.3 Å². The van der Waals surface area contributed by atoms with Crippen LogP contribution in [0.2, 0.25) is 5.02 Å². The van der Waals surface area contributed by atoms with Crippen molar-refractivity contribution in [2.24, 2.45) is 0 Å². The lowest BCUT2D eigenvalue weighted by Crippen LogP contribution is -2.48. The van der Waals surface area contributed by atoms with E-state index in [0.29, 0.717) is 29.5 Å². The largest absolute Gasteiger partial charge is 0.347 e. The number of hydrogen-bond acceptors (Lipinski definition) is 5. The number of ether oxygens (including phenoxy) is 2. The summed E-state index contributed by atoms with van der Waals surface area (Å²) in [5.41, 5.74) is 0. The molecule has 2 atom stereocenters. The zero-order valence-corrected chi connectivity index (χ0v) is 13.0. The minimum Gasteiger partial charge on any atom is -0.347 e. The van der Waals surface area contributed by atoms with Crippen LogP contribution in [0, 0.1) is 0 Å². The van der Waals surface area contributed by atoms with Gasteiger partial charge in [0, 0.05) is 30.3 Å². The van der Waals surface area contributed by atoms with Gasteiger partial charge in [0.1, 0.15) is 0 Å². The van der Waals surface area contributed by atoms with E-state index >= 15 is 0 Å². The second-order valence-electron chi connectivity index (χ2n) is 5.22. The summed E-state index contributed by atoms with van der Waals surface area (Å²) in [5, 5.41) is 5.46. The molecule has 2 heterocycles. The molecule has 1 aromatic heterocycles. The molecule has 0 aromatic carbocycles. The number of pyridine rings is 1. The van der Waals surface area contributed by atoms with Crippen LogP contribution in [-0.2, 0) is 9.47 Å². The molecule has 1 aliphatic carbocycles. The molecule has 1 saturated carbocycles. The number of rotatable bonds is 3. The number of nitrogens with one attached hydrogen (secondary N) is 1. The lowest BCUT2D eigenvalue weighted by molar-refractivity contribution is -0.177. The first kappa shape index (κ1) is 14.6. The average Bonchev–Trinajstić information content (AvgIpc) is 2.90. The van der Waals surface area contributed by atoms with E-state index in [2.05, 4.69) is 10.3 Å². The van der Waals surface area contributed by atoms with Crippen LogP contribution in [0.3, 0.4) is 0 Å². The van der Waals surface area contributed by atoms with Crippen molar-refractivity contribution in [3.63, 3.8) is 0 Å². The van der Waals surface area contributed by atoms with Crippen molar-refractivity contribution in [1.82, 2.24) is 10.3 Å². The van der Waals surface area contributed by atoms with Crippen LogP contribution in [-0.4, -0.2) is 42.3 Å². The maximum absolute atomic E-state index is 5.88. The summed E-state index contributed by atoms with van der Waals surface area (Å²) < 4.78 is 11.7. The zero-order chi connectivity index (χ0) is 14.0.